The Morgan fingerprint density at radius 2 is 2.05 bits per heavy atom. The third kappa shape index (κ3) is 3.16. The number of furan rings is 1. The van der Waals surface area contributed by atoms with Crippen molar-refractivity contribution < 1.29 is 19.1 Å². The third-order valence-electron chi connectivity index (χ3n) is 3.75. The minimum Gasteiger partial charge on any atom is -0.481 e. The van der Waals surface area contributed by atoms with Crippen molar-refractivity contribution in [1.29, 1.82) is 0 Å². The number of carbonyl (C=O) groups is 2. The van der Waals surface area contributed by atoms with E-state index in [2.05, 4.69) is 5.32 Å². The Bertz CT molecular complexity index is 440. The number of amides is 1. The van der Waals surface area contributed by atoms with Crippen LogP contribution in [0.15, 0.2) is 22.8 Å². The highest BCUT2D eigenvalue weighted by molar-refractivity contribution is 5.85. The van der Waals surface area contributed by atoms with Gasteiger partial charge in [0.15, 0.2) is 0 Å². The minimum absolute atomic E-state index is 0.184. The molecule has 0 spiro atoms. The average molecular weight is 265 g/mol. The molecule has 104 valence electrons. The smallest absolute Gasteiger partial charge is 0.307 e. The lowest BCUT2D eigenvalue weighted by Crippen LogP contribution is -2.40. The van der Waals surface area contributed by atoms with E-state index in [9.17, 15) is 14.7 Å². The molecule has 3 atom stereocenters. The van der Waals surface area contributed by atoms with E-state index < -0.39 is 17.8 Å². The van der Waals surface area contributed by atoms with Crippen molar-refractivity contribution in [3.05, 3.63) is 24.2 Å². The Morgan fingerprint density at radius 1 is 1.37 bits per heavy atom. The maximum atomic E-state index is 12.2. The molecule has 5 heteroatoms. The van der Waals surface area contributed by atoms with Crippen LogP contribution in [-0.2, 0) is 9.59 Å². The van der Waals surface area contributed by atoms with Gasteiger partial charge in [-0.1, -0.05) is 12.8 Å². The van der Waals surface area contributed by atoms with Crippen molar-refractivity contribution in [2.45, 2.75) is 38.6 Å². The van der Waals surface area contributed by atoms with Gasteiger partial charge in [-0.15, -0.1) is 0 Å². The SMILES string of the molecule is CC(NC(=O)[C@@H]1CCCC[C@@H]1C(=O)O)c1ccco1. The number of carbonyl (C=O) groups excluding carboxylic acids is 1. The highest BCUT2D eigenvalue weighted by Crippen LogP contribution is 2.31. The van der Waals surface area contributed by atoms with Gasteiger partial charge in [-0.2, -0.15) is 0 Å². The summed E-state index contributed by atoms with van der Waals surface area (Å²) in [4.78, 5) is 23.4. The van der Waals surface area contributed by atoms with Crippen molar-refractivity contribution in [3.8, 4) is 0 Å². The number of carboxylic acid groups (broad SMARTS) is 1. The molecule has 19 heavy (non-hydrogen) atoms. The highest BCUT2D eigenvalue weighted by atomic mass is 16.4. The van der Waals surface area contributed by atoms with Gasteiger partial charge in [0.05, 0.1) is 24.1 Å². The predicted molar refractivity (Wildman–Crippen MR) is 68.3 cm³/mol. The first kappa shape index (κ1) is 13.6. The summed E-state index contributed by atoms with van der Waals surface area (Å²) in [6.07, 6.45) is 4.58. The van der Waals surface area contributed by atoms with Gasteiger partial charge in [0.1, 0.15) is 5.76 Å². The highest BCUT2D eigenvalue weighted by Gasteiger charge is 2.36. The summed E-state index contributed by atoms with van der Waals surface area (Å²) in [5, 5.41) is 12.0. The molecule has 1 amide bonds. The van der Waals surface area contributed by atoms with Crippen molar-refractivity contribution in [1.82, 2.24) is 5.32 Å². The first-order chi connectivity index (χ1) is 9.09. The van der Waals surface area contributed by atoms with E-state index in [4.69, 9.17) is 4.42 Å². The van der Waals surface area contributed by atoms with Gasteiger partial charge in [0.25, 0.3) is 0 Å². The summed E-state index contributed by atoms with van der Waals surface area (Å²) < 4.78 is 5.23. The van der Waals surface area contributed by atoms with Crippen molar-refractivity contribution >= 4 is 11.9 Å². The molecule has 0 saturated heterocycles. The van der Waals surface area contributed by atoms with E-state index in [1.165, 1.54) is 0 Å². The lowest BCUT2D eigenvalue weighted by atomic mass is 9.78. The number of aliphatic carboxylic acids is 1. The topological polar surface area (TPSA) is 79.5 Å². The van der Waals surface area contributed by atoms with Gasteiger partial charge in [-0.25, -0.2) is 0 Å². The Hall–Kier alpha value is -1.78. The van der Waals surface area contributed by atoms with Crippen LogP contribution in [0.4, 0.5) is 0 Å². The Labute approximate surface area is 112 Å². The van der Waals surface area contributed by atoms with Gasteiger partial charge in [-0.05, 0) is 31.9 Å². The second kappa shape index (κ2) is 5.91. The molecule has 5 nitrogen and oxygen atoms in total. The van der Waals surface area contributed by atoms with Crippen LogP contribution in [0.3, 0.4) is 0 Å². The van der Waals surface area contributed by atoms with E-state index in [-0.39, 0.29) is 11.9 Å². The van der Waals surface area contributed by atoms with Crippen LogP contribution in [0.1, 0.15) is 44.4 Å². The molecular formula is C14H19NO4. The molecule has 1 aliphatic carbocycles. The number of hydrogen-bond acceptors (Lipinski definition) is 3. The largest absolute Gasteiger partial charge is 0.481 e. The van der Waals surface area contributed by atoms with Gasteiger partial charge in [0.2, 0.25) is 5.91 Å². The van der Waals surface area contributed by atoms with Crippen molar-refractivity contribution in [2.24, 2.45) is 11.8 Å². The maximum Gasteiger partial charge on any atom is 0.307 e. The fraction of sp³-hybridized carbons (Fsp3) is 0.571. The first-order valence-electron chi connectivity index (χ1n) is 6.66. The molecule has 1 aromatic rings. The molecular weight excluding hydrogens is 246 g/mol. The molecule has 0 aromatic carbocycles. The van der Waals surface area contributed by atoms with Crippen LogP contribution in [0.25, 0.3) is 0 Å². The Morgan fingerprint density at radius 3 is 2.63 bits per heavy atom. The van der Waals surface area contributed by atoms with Crippen LogP contribution < -0.4 is 5.32 Å². The summed E-state index contributed by atoms with van der Waals surface area (Å²) in [6.45, 7) is 1.83. The molecule has 0 radical (unpaired) electrons. The summed E-state index contributed by atoms with van der Waals surface area (Å²) in [5.41, 5.74) is 0. The number of hydrogen-bond donors (Lipinski definition) is 2. The fourth-order valence-corrected chi connectivity index (χ4v) is 2.67. The van der Waals surface area contributed by atoms with E-state index in [0.29, 0.717) is 18.6 Å². The van der Waals surface area contributed by atoms with Crippen LogP contribution in [0, 0.1) is 11.8 Å². The molecule has 0 aliphatic heterocycles. The summed E-state index contributed by atoms with van der Waals surface area (Å²) in [5.74, 6) is -1.36. The Kier molecular flexibility index (Phi) is 4.24. The minimum atomic E-state index is -0.870. The van der Waals surface area contributed by atoms with Crippen LogP contribution in [-0.4, -0.2) is 17.0 Å². The van der Waals surface area contributed by atoms with Crippen molar-refractivity contribution in [3.63, 3.8) is 0 Å². The van der Waals surface area contributed by atoms with E-state index in [0.717, 1.165) is 12.8 Å². The van der Waals surface area contributed by atoms with Crippen molar-refractivity contribution in [2.75, 3.05) is 0 Å². The average Bonchev–Trinajstić information content (AvgIpc) is 2.92. The summed E-state index contributed by atoms with van der Waals surface area (Å²) >= 11 is 0. The van der Waals surface area contributed by atoms with Crippen LogP contribution >= 0.6 is 0 Å². The zero-order valence-corrected chi connectivity index (χ0v) is 11.0. The third-order valence-corrected chi connectivity index (χ3v) is 3.75. The van der Waals surface area contributed by atoms with E-state index >= 15 is 0 Å². The molecule has 1 heterocycles. The van der Waals surface area contributed by atoms with Crippen LogP contribution in [0.2, 0.25) is 0 Å². The lowest BCUT2D eigenvalue weighted by molar-refractivity contribution is -0.149. The fourth-order valence-electron chi connectivity index (χ4n) is 2.67. The quantitative estimate of drug-likeness (QED) is 0.875. The monoisotopic (exact) mass is 265 g/mol. The molecule has 1 fully saturated rings. The number of rotatable bonds is 4. The summed E-state index contributed by atoms with van der Waals surface area (Å²) in [7, 11) is 0. The van der Waals surface area contributed by atoms with Gasteiger partial charge in [0, 0.05) is 0 Å². The molecule has 1 aliphatic rings. The first-order valence-corrected chi connectivity index (χ1v) is 6.66. The zero-order chi connectivity index (χ0) is 13.8. The zero-order valence-electron chi connectivity index (χ0n) is 11.0. The Balaban J connectivity index is 2.00. The normalized spacial score (nSPS) is 24.7. The molecule has 1 aromatic heterocycles. The molecule has 0 bridgehead atoms. The van der Waals surface area contributed by atoms with Gasteiger partial charge < -0.3 is 14.8 Å². The van der Waals surface area contributed by atoms with Crippen LogP contribution in [0.5, 0.6) is 0 Å². The van der Waals surface area contributed by atoms with Gasteiger partial charge in [-0.3, -0.25) is 9.59 Å². The van der Waals surface area contributed by atoms with E-state index in [1.807, 2.05) is 6.92 Å². The predicted octanol–water partition coefficient (Wildman–Crippen LogP) is 2.35. The molecule has 1 unspecified atom stereocenters. The maximum absolute atomic E-state index is 12.2. The second-order valence-electron chi connectivity index (χ2n) is 5.08. The standard InChI is InChI=1S/C14H19NO4/c1-9(12-7-4-8-19-12)15-13(16)10-5-2-3-6-11(10)14(17)18/h4,7-11H,2-3,5-6H2,1H3,(H,15,16)(H,17,18)/t9?,10-,11+/m1/s1. The van der Waals surface area contributed by atoms with Gasteiger partial charge >= 0.3 is 5.97 Å². The summed E-state index contributed by atoms with van der Waals surface area (Å²) in [6, 6.07) is 3.32. The number of carboxylic acids is 1. The molecule has 2 rings (SSSR count). The van der Waals surface area contributed by atoms with E-state index in [1.54, 1.807) is 18.4 Å². The number of nitrogens with one attached hydrogen (secondary N) is 1. The second-order valence-corrected chi connectivity index (χ2v) is 5.08. The lowest BCUT2D eigenvalue weighted by Gasteiger charge is -2.28. The molecule has 1 saturated carbocycles. The molecule has 2 N–H and O–H groups in total.